The molecule has 0 bridgehead atoms. The predicted molar refractivity (Wildman–Crippen MR) is 118 cm³/mol. The predicted octanol–water partition coefficient (Wildman–Crippen LogP) is 3.36. The molecule has 0 saturated carbocycles. The van der Waals surface area contributed by atoms with Gasteiger partial charge in [0, 0.05) is 18.9 Å². The quantitative estimate of drug-likeness (QED) is 0.413. The molecule has 0 saturated heterocycles. The maximum Gasteiger partial charge on any atom is 0.282 e. The maximum absolute atomic E-state index is 12.9. The first-order valence-corrected chi connectivity index (χ1v) is 10.8. The lowest BCUT2D eigenvalue weighted by molar-refractivity contribution is -0.113. The van der Waals surface area contributed by atoms with Crippen LogP contribution < -0.4 is 15.6 Å². The van der Waals surface area contributed by atoms with Crippen molar-refractivity contribution in [2.45, 2.75) is 38.9 Å². The Morgan fingerprint density at radius 3 is 2.77 bits per heavy atom. The van der Waals surface area contributed by atoms with Crippen LogP contribution in [0.2, 0.25) is 0 Å². The Morgan fingerprint density at radius 1 is 1.23 bits per heavy atom. The van der Waals surface area contributed by atoms with Crippen molar-refractivity contribution in [3.63, 3.8) is 0 Å². The fourth-order valence-electron chi connectivity index (χ4n) is 2.79. The molecule has 3 rings (SSSR count). The molecule has 0 unspecified atom stereocenters. The van der Waals surface area contributed by atoms with Crippen molar-refractivity contribution < 1.29 is 9.53 Å². The van der Waals surface area contributed by atoms with Crippen LogP contribution in [0.15, 0.2) is 46.6 Å². The fourth-order valence-corrected chi connectivity index (χ4v) is 3.60. The van der Waals surface area contributed by atoms with Gasteiger partial charge in [0.05, 0.1) is 18.0 Å². The highest BCUT2D eigenvalue weighted by Crippen LogP contribution is 2.24. The molecule has 0 radical (unpaired) electrons. The summed E-state index contributed by atoms with van der Waals surface area (Å²) in [5.41, 5.74) is 0.895. The number of aromatic nitrogens is 4. The van der Waals surface area contributed by atoms with Gasteiger partial charge in [-0.3, -0.25) is 14.2 Å². The number of nitrogens with zero attached hydrogens (tertiary/aromatic N) is 4. The number of carbonyl (C=O) groups is 1. The van der Waals surface area contributed by atoms with E-state index in [9.17, 15) is 9.59 Å². The van der Waals surface area contributed by atoms with Gasteiger partial charge in [0.25, 0.3) is 5.56 Å². The number of fused-ring (bicyclic) bond motifs is 1. The second-order valence-corrected chi connectivity index (χ2v) is 7.97. The summed E-state index contributed by atoms with van der Waals surface area (Å²) in [6.07, 6.45) is 3.79. The van der Waals surface area contributed by atoms with Crippen LogP contribution in [0.5, 0.6) is 5.75 Å². The van der Waals surface area contributed by atoms with Gasteiger partial charge in [0.2, 0.25) is 5.91 Å². The van der Waals surface area contributed by atoms with Gasteiger partial charge in [-0.2, -0.15) is 0 Å². The standard InChI is InChI=1S/C21H25N5O3S/c1-4-29-16-8-6-5-7-15(16)24-17(27)13-30-21-25-19-18(22-10-11-23-19)20(28)26(21)12-9-14(2)3/h5-8,10-11,14H,4,9,12-13H2,1-3H3,(H,24,27). The van der Waals surface area contributed by atoms with Crippen molar-refractivity contribution in [1.82, 2.24) is 19.5 Å². The lowest BCUT2D eigenvalue weighted by Gasteiger charge is -2.14. The Labute approximate surface area is 179 Å². The van der Waals surface area contributed by atoms with Gasteiger partial charge >= 0.3 is 0 Å². The van der Waals surface area contributed by atoms with Gasteiger partial charge in [0.15, 0.2) is 16.3 Å². The Balaban J connectivity index is 1.80. The molecule has 1 amide bonds. The third-order valence-corrected chi connectivity index (χ3v) is 5.26. The molecule has 1 N–H and O–H groups in total. The average molecular weight is 428 g/mol. The average Bonchev–Trinajstić information content (AvgIpc) is 2.73. The molecule has 0 fully saturated rings. The molecule has 2 heterocycles. The highest BCUT2D eigenvalue weighted by Gasteiger charge is 2.16. The minimum absolute atomic E-state index is 0.0976. The monoisotopic (exact) mass is 427 g/mol. The van der Waals surface area contributed by atoms with E-state index >= 15 is 0 Å². The van der Waals surface area contributed by atoms with E-state index in [-0.39, 0.29) is 28.4 Å². The number of hydrogen-bond acceptors (Lipinski definition) is 7. The molecule has 8 nitrogen and oxygen atoms in total. The molecule has 0 aliphatic carbocycles. The van der Waals surface area contributed by atoms with Crippen molar-refractivity contribution in [2.24, 2.45) is 5.92 Å². The number of nitrogens with one attached hydrogen (secondary N) is 1. The molecule has 0 atom stereocenters. The lowest BCUT2D eigenvalue weighted by atomic mass is 10.1. The minimum Gasteiger partial charge on any atom is -0.492 e. The van der Waals surface area contributed by atoms with Crippen LogP contribution in [0.4, 0.5) is 5.69 Å². The molecule has 158 valence electrons. The summed E-state index contributed by atoms with van der Waals surface area (Å²) in [5.74, 6) is 0.924. The number of ether oxygens (including phenoxy) is 1. The molecule has 3 aromatic rings. The van der Waals surface area contributed by atoms with Crippen LogP contribution in [-0.2, 0) is 11.3 Å². The van der Waals surface area contributed by atoms with Crippen LogP contribution in [0, 0.1) is 5.92 Å². The summed E-state index contributed by atoms with van der Waals surface area (Å²) in [7, 11) is 0. The summed E-state index contributed by atoms with van der Waals surface area (Å²) in [6.45, 7) is 7.09. The topological polar surface area (TPSA) is 99.0 Å². The SMILES string of the molecule is CCOc1ccccc1NC(=O)CSc1nc2nccnc2c(=O)n1CCC(C)C. The summed E-state index contributed by atoms with van der Waals surface area (Å²) in [5, 5.41) is 3.32. The van der Waals surface area contributed by atoms with E-state index in [1.807, 2.05) is 19.1 Å². The fraction of sp³-hybridized carbons (Fsp3) is 0.381. The summed E-state index contributed by atoms with van der Waals surface area (Å²) >= 11 is 1.21. The first-order chi connectivity index (χ1) is 14.5. The number of benzene rings is 1. The van der Waals surface area contributed by atoms with E-state index in [1.54, 1.807) is 16.7 Å². The van der Waals surface area contributed by atoms with Crippen molar-refractivity contribution in [2.75, 3.05) is 17.7 Å². The Hall–Kier alpha value is -2.94. The summed E-state index contributed by atoms with van der Waals surface area (Å²) in [6, 6.07) is 7.27. The molecule has 2 aromatic heterocycles. The molecular formula is C21H25N5O3S. The first kappa shape index (κ1) is 21.8. The number of carbonyl (C=O) groups excluding carboxylic acids is 1. The van der Waals surface area contributed by atoms with Crippen LogP contribution in [-0.4, -0.2) is 37.8 Å². The number of para-hydroxylation sites is 2. The number of thioether (sulfide) groups is 1. The van der Waals surface area contributed by atoms with E-state index < -0.39 is 0 Å². The van der Waals surface area contributed by atoms with Crippen molar-refractivity contribution in [3.8, 4) is 5.75 Å². The summed E-state index contributed by atoms with van der Waals surface area (Å²) < 4.78 is 7.13. The second-order valence-electron chi connectivity index (χ2n) is 7.03. The van der Waals surface area contributed by atoms with Gasteiger partial charge in [-0.15, -0.1) is 0 Å². The van der Waals surface area contributed by atoms with Crippen molar-refractivity contribution in [3.05, 3.63) is 47.0 Å². The van der Waals surface area contributed by atoms with Gasteiger partial charge in [0.1, 0.15) is 5.75 Å². The van der Waals surface area contributed by atoms with Crippen molar-refractivity contribution in [1.29, 1.82) is 0 Å². The molecule has 30 heavy (non-hydrogen) atoms. The zero-order chi connectivity index (χ0) is 21.5. The summed E-state index contributed by atoms with van der Waals surface area (Å²) in [4.78, 5) is 38.2. The van der Waals surface area contributed by atoms with Crippen LogP contribution in [0.25, 0.3) is 11.2 Å². The minimum atomic E-state index is -0.238. The molecular weight excluding hydrogens is 402 g/mol. The lowest BCUT2D eigenvalue weighted by Crippen LogP contribution is -2.26. The first-order valence-electron chi connectivity index (χ1n) is 9.85. The van der Waals surface area contributed by atoms with E-state index in [0.717, 1.165) is 6.42 Å². The normalized spacial score (nSPS) is 11.1. The third kappa shape index (κ3) is 5.35. The largest absolute Gasteiger partial charge is 0.492 e. The third-order valence-electron chi connectivity index (χ3n) is 4.28. The highest BCUT2D eigenvalue weighted by molar-refractivity contribution is 7.99. The number of hydrogen-bond donors (Lipinski definition) is 1. The zero-order valence-electron chi connectivity index (χ0n) is 17.3. The van der Waals surface area contributed by atoms with Crippen LogP contribution >= 0.6 is 11.8 Å². The van der Waals surface area contributed by atoms with E-state index in [2.05, 4.69) is 34.1 Å². The van der Waals surface area contributed by atoms with Gasteiger partial charge in [-0.05, 0) is 31.4 Å². The van der Waals surface area contributed by atoms with Crippen LogP contribution in [0.1, 0.15) is 27.2 Å². The van der Waals surface area contributed by atoms with E-state index in [0.29, 0.717) is 35.7 Å². The maximum atomic E-state index is 12.9. The molecule has 1 aromatic carbocycles. The number of amides is 1. The van der Waals surface area contributed by atoms with Crippen LogP contribution in [0.3, 0.4) is 0 Å². The number of anilines is 1. The zero-order valence-corrected chi connectivity index (χ0v) is 18.1. The molecule has 0 aliphatic rings. The van der Waals surface area contributed by atoms with Gasteiger partial charge in [-0.25, -0.2) is 15.0 Å². The van der Waals surface area contributed by atoms with E-state index in [1.165, 1.54) is 24.2 Å². The van der Waals surface area contributed by atoms with Gasteiger partial charge < -0.3 is 10.1 Å². The van der Waals surface area contributed by atoms with Crippen molar-refractivity contribution >= 4 is 34.5 Å². The molecule has 0 aliphatic heterocycles. The highest BCUT2D eigenvalue weighted by atomic mass is 32.2. The molecule has 0 spiro atoms. The number of rotatable bonds is 9. The Bertz CT molecular complexity index is 1080. The van der Waals surface area contributed by atoms with E-state index in [4.69, 9.17) is 4.74 Å². The smallest absolute Gasteiger partial charge is 0.282 e. The Morgan fingerprint density at radius 2 is 2.00 bits per heavy atom. The van der Waals surface area contributed by atoms with Gasteiger partial charge in [-0.1, -0.05) is 37.7 Å². The Kier molecular flexibility index (Phi) is 7.40. The second kappa shape index (κ2) is 10.2. The molecule has 9 heteroatoms.